The van der Waals surface area contributed by atoms with Crippen LogP contribution in [0.4, 0.5) is 0 Å². The summed E-state index contributed by atoms with van der Waals surface area (Å²) < 4.78 is 5.74. The van der Waals surface area contributed by atoms with Crippen LogP contribution in [0.3, 0.4) is 0 Å². The third-order valence-electron chi connectivity index (χ3n) is 4.34. The zero-order chi connectivity index (χ0) is 15.1. The van der Waals surface area contributed by atoms with E-state index in [1.807, 2.05) is 24.3 Å². The van der Waals surface area contributed by atoms with Crippen LogP contribution in [-0.4, -0.2) is 42.4 Å². The van der Waals surface area contributed by atoms with Gasteiger partial charge in [0.2, 0.25) is 0 Å². The summed E-state index contributed by atoms with van der Waals surface area (Å²) in [7, 11) is 2.11. The number of likely N-dealkylation sites (N-methyl/N-ethyl adjacent to an activating group) is 1. The van der Waals surface area contributed by atoms with Gasteiger partial charge in [-0.2, -0.15) is 0 Å². The van der Waals surface area contributed by atoms with Crippen LogP contribution in [0.15, 0.2) is 24.3 Å². The minimum absolute atomic E-state index is 0.159. The zero-order valence-corrected chi connectivity index (χ0v) is 13.0. The lowest BCUT2D eigenvalue weighted by Gasteiger charge is -2.35. The minimum atomic E-state index is -0.159. The van der Waals surface area contributed by atoms with Crippen LogP contribution in [0.2, 0.25) is 0 Å². The van der Waals surface area contributed by atoms with E-state index in [0.29, 0.717) is 19.2 Å². The second kappa shape index (κ2) is 8.37. The Hall–Kier alpha value is -1.10. The fourth-order valence-corrected chi connectivity index (χ4v) is 3.00. The molecule has 1 aromatic rings. The molecule has 4 heteroatoms. The third kappa shape index (κ3) is 4.99. The highest BCUT2D eigenvalue weighted by Gasteiger charge is 2.25. The highest BCUT2D eigenvalue weighted by molar-refractivity contribution is 5.26. The first-order valence-corrected chi connectivity index (χ1v) is 8.01. The predicted octanol–water partition coefficient (Wildman–Crippen LogP) is 2.15. The molecule has 1 aromatic carbocycles. The van der Waals surface area contributed by atoms with Crippen molar-refractivity contribution in [2.24, 2.45) is 5.73 Å². The molecule has 1 aliphatic rings. The third-order valence-corrected chi connectivity index (χ3v) is 4.34. The fraction of sp³-hybridized carbons (Fsp3) is 0.647. The van der Waals surface area contributed by atoms with Gasteiger partial charge in [-0.1, -0.05) is 25.0 Å². The van der Waals surface area contributed by atoms with Gasteiger partial charge in [-0.15, -0.1) is 0 Å². The van der Waals surface area contributed by atoms with Gasteiger partial charge in [0.05, 0.1) is 12.7 Å². The normalized spacial score (nSPS) is 22.5. The first kappa shape index (κ1) is 16.3. The predicted molar refractivity (Wildman–Crippen MR) is 85.3 cm³/mol. The van der Waals surface area contributed by atoms with Gasteiger partial charge in [-0.05, 0) is 44.0 Å². The number of nitrogens with zero attached hydrogens (tertiary/aromatic N) is 1. The molecule has 3 N–H and O–H groups in total. The largest absolute Gasteiger partial charge is 0.494 e. The highest BCUT2D eigenvalue weighted by Crippen LogP contribution is 2.22. The Bertz CT molecular complexity index is 408. The second-order valence-electron chi connectivity index (χ2n) is 5.95. The van der Waals surface area contributed by atoms with Gasteiger partial charge in [-0.25, -0.2) is 0 Å². The zero-order valence-electron chi connectivity index (χ0n) is 13.0. The molecule has 1 fully saturated rings. The van der Waals surface area contributed by atoms with Gasteiger partial charge < -0.3 is 20.5 Å². The maximum atomic E-state index is 10.0. The molecule has 0 bridgehead atoms. The van der Waals surface area contributed by atoms with Crippen LogP contribution in [-0.2, 0) is 6.54 Å². The van der Waals surface area contributed by atoms with Gasteiger partial charge in [0.1, 0.15) is 5.75 Å². The molecule has 2 unspecified atom stereocenters. The number of nitrogens with two attached hydrogens (primary N) is 1. The standard InChI is InChI=1S/C17H28N2O2/c1-19(16-5-2-3-6-17(16)20)11-4-12-21-15-9-7-14(13-18)8-10-15/h7-10,16-17,20H,2-6,11-13,18H2,1H3. The molecule has 0 aromatic heterocycles. The van der Waals surface area contributed by atoms with Crippen molar-refractivity contribution in [1.29, 1.82) is 0 Å². The molecule has 4 nitrogen and oxygen atoms in total. The van der Waals surface area contributed by atoms with E-state index >= 15 is 0 Å². The smallest absolute Gasteiger partial charge is 0.119 e. The van der Waals surface area contributed by atoms with E-state index < -0.39 is 0 Å². The summed E-state index contributed by atoms with van der Waals surface area (Å²) in [6.45, 7) is 2.23. The van der Waals surface area contributed by atoms with Crippen molar-refractivity contribution in [2.45, 2.75) is 50.8 Å². The van der Waals surface area contributed by atoms with E-state index in [-0.39, 0.29) is 6.10 Å². The van der Waals surface area contributed by atoms with Crippen molar-refractivity contribution in [1.82, 2.24) is 4.90 Å². The van der Waals surface area contributed by atoms with E-state index in [4.69, 9.17) is 10.5 Å². The SMILES string of the molecule is CN(CCCOc1ccc(CN)cc1)C1CCCCC1O. The van der Waals surface area contributed by atoms with Crippen LogP contribution >= 0.6 is 0 Å². The first-order chi connectivity index (χ1) is 10.2. The molecular weight excluding hydrogens is 264 g/mol. The van der Waals surface area contributed by atoms with E-state index in [1.165, 1.54) is 6.42 Å². The Kier molecular flexibility index (Phi) is 6.49. The van der Waals surface area contributed by atoms with Crippen molar-refractivity contribution < 1.29 is 9.84 Å². The quantitative estimate of drug-likeness (QED) is 0.756. The molecule has 0 heterocycles. The molecule has 0 saturated heterocycles. The van der Waals surface area contributed by atoms with Crippen molar-refractivity contribution in [2.75, 3.05) is 20.2 Å². The van der Waals surface area contributed by atoms with E-state index in [0.717, 1.165) is 43.5 Å². The van der Waals surface area contributed by atoms with Crippen molar-refractivity contribution >= 4 is 0 Å². The summed E-state index contributed by atoms with van der Waals surface area (Å²) in [5.41, 5.74) is 6.69. The lowest BCUT2D eigenvalue weighted by Crippen LogP contribution is -2.43. The Labute approximate surface area is 127 Å². The molecule has 1 aliphatic carbocycles. The molecule has 0 aliphatic heterocycles. The van der Waals surface area contributed by atoms with Crippen LogP contribution < -0.4 is 10.5 Å². The van der Waals surface area contributed by atoms with Crippen molar-refractivity contribution in [3.8, 4) is 5.75 Å². The van der Waals surface area contributed by atoms with Crippen LogP contribution in [0.1, 0.15) is 37.7 Å². The van der Waals surface area contributed by atoms with E-state index in [1.54, 1.807) is 0 Å². The average Bonchev–Trinajstić information content (AvgIpc) is 2.52. The molecule has 0 radical (unpaired) electrons. The topological polar surface area (TPSA) is 58.7 Å². The lowest BCUT2D eigenvalue weighted by molar-refractivity contribution is 0.0304. The van der Waals surface area contributed by atoms with Gasteiger partial charge in [0.25, 0.3) is 0 Å². The molecule has 21 heavy (non-hydrogen) atoms. The van der Waals surface area contributed by atoms with Crippen LogP contribution in [0.5, 0.6) is 5.75 Å². The second-order valence-corrected chi connectivity index (χ2v) is 5.95. The molecule has 2 rings (SSSR count). The number of aliphatic hydroxyl groups is 1. The Balaban J connectivity index is 1.66. The molecule has 0 amide bonds. The Morgan fingerprint density at radius 2 is 1.95 bits per heavy atom. The summed E-state index contributed by atoms with van der Waals surface area (Å²) in [6, 6.07) is 8.26. The lowest BCUT2D eigenvalue weighted by atomic mass is 9.91. The van der Waals surface area contributed by atoms with Gasteiger partial charge >= 0.3 is 0 Å². The molecule has 2 atom stereocenters. The number of hydrogen-bond acceptors (Lipinski definition) is 4. The average molecular weight is 292 g/mol. The minimum Gasteiger partial charge on any atom is -0.494 e. The van der Waals surface area contributed by atoms with Crippen LogP contribution in [0, 0.1) is 0 Å². The number of aliphatic hydroxyl groups excluding tert-OH is 1. The molecular formula is C17H28N2O2. The summed E-state index contributed by atoms with van der Waals surface area (Å²) in [5.74, 6) is 0.896. The highest BCUT2D eigenvalue weighted by atomic mass is 16.5. The first-order valence-electron chi connectivity index (χ1n) is 8.01. The Morgan fingerprint density at radius 1 is 1.24 bits per heavy atom. The maximum Gasteiger partial charge on any atom is 0.119 e. The van der Waals surface area contributed by atoms with Gasteiger partial charge in [0, 0.05) is 19.1 Å². The molecule has 1 saturated carbocycles. The van der Waals surface area contributed by atoms with E-state index in [2.05, 4.69) is 11.9 Å². The molecule has 118 valence electrons. The Morgan fingerprint density at radius 3 is 2.62 bits per heavy atom. The van der Waals surface area contributed by atoms with E-state index in [9.17, 15) is 5.11 Å². The molecule has 0 spiro atoms. The monoisotopic (exact) mass is 292 g/mol. The number of benzene rings is 1. The van der Waals surface area contributed by atoms with Gasteiger partial charge in [0.15, 0.2) is 0 Å². The maximum absolute atomic E-state index is 10.0. The van der Waals surface area contributed by atoms with Crippen molar-refractivity contribution in [3.05, 3.63) is 29.8 Å². The number of rotatable bonds is 7. The summed E-state index contributed by atoms with van der Waals surface area (Å²) in [5, 5.41) is 10.0. The number of ether oxygens (including phenoxy) is 1. The van der Waals surface area contributed by atoms with Crippen LogP contribution in [0.25, 0.3) is 0 Å². The fourth-order valence-electron chi connectivity index (χ4n) is 3.00. The summed E-state index contributed by atoms with van der Waals surface area (Å²) in [4.78, 5) is 2.28. The van der Waals surface area contributed by atoms with Gasteiger partial charge in [-0.3, -0.25) is 0 Å². The summed E-state index contributed by atoms with van der Waals surface area (Å²) in [6.07, 6.45) is 5.26. The number of hydrogen-bond donors (Lipinski definition) is 2. The summed E-state index contributed by atoms with van der Waals surface area (Å²) >= 11 is 0. The van der Waals surface area contributed by atoms with Crippen molar-refractivity contribution in [3.63, 3.8) is 0 Å².